The van der Waals surface area contributed by atoms with Gasteiger partial charge in [0.05, 0.1) is 0 Å². The molecule has 0 aliphatic heterocycles. The van der Waals surface area contributed by atoms with Gasteiger partial charge in [0.1, 0.15) is 0 Å². The number of rotatable bonds is 3. The number of hydrogen-bond donors (Lipinski definition) is 1. The maximum absolute atomic E-state index is 10.2. The first-order valence-electron chi connectivity index (χ1n) is 4.13. The molecule has 2 heteroatoms. The zero-order chi connectivity index (χ0) is 9.68. The van der Waals surface area contributed by atoms with E-state index in [1.807, 2.05) is 31.2 Å². The van der Waals surface area contributed by atoms with Gasteiger partial charge in [-0.25, -0.2) is 4.79 Å². The zero-order valence-corrected chi connectivity index (χ0v) is 7.53. The first-order chi connectivity index (χ1) is 6.18. The van der Waals surface area contributed by atoms with Gasteiger partial charge in [-0.15, -0.1) is 0 Å². The fourth-order valence-electron chi connectivity index (χ4n) is 1.02. The minimum Gasteiger partial charge on any atom is -0.478 e. The lowest BCUT2D eigenvalue weighted by molar-refractivity contribution is -0.131. The normalized spacial score (nSPS) is 10.5. The topological polar surface area (TPSA) is 37.3 Å². The quantitative estimate of drug-likeness (QED) is 0.717. The molecule has 68 valence electrons. The van der Waals surface area contributed by atoms with Crippen molar-refractivity contribution in [3.63, 3.8) is 0 Å². The van der Waals surface area contributed by atoms with Gasteiger partial charge >= 0.3 is 5.97 Å². The summed E-state index contributed by atoms with van der Waals surface area (Å²) in [7, 11) is 0. The largest absolute Gasteiger partial charge is 0.478 e. The van der Waals surface area contributed by atoms with Crippen molar-refractivity contribution in [2.24, 2.45) is 0 Å². The summed E-state index contributed by atoms with van der Waals surface area (Å²) in [6, 6.07) is 8.04. The van der Waals surface area contributed by atoms with E-state index >= 15 is 0 Å². The van der Waals surface area contributed by atoms with Crippen LogP contribution < -0.4 is 0 Å². The van der Waals surface area contributed by atoms with Crippen molar-refractivity contribution >= 4 is 5.97 Å². The summed E-state index contributed by atoms with van der Waals surface area (Å²) in [6.45, 7) is 2.02. The van der Waals surface area contributed by atoms with E-state index in [1.54, 1.807) is 6.08 Å². The lowest BCUT2D eigenvalue weighted by Crippen LogP contribution is -1.87. The van der Waals surface area contributed by atoms with Crippen LogP contribution in [0.1, 0.15) is 11.1 Å². The maximum Gasteiger partial charge on any atom is 0.327 e. The zero-order valence-electron chi connectivity index (χ0n) is 7.53. The van der Waals surface area contributed by atoms with Crippen molar-refractivity contribution < 1.29 is 9.90 Å². The van der Waals surface area contributed by atoms with Gasteiger partial charge in [0.25, 0.3) is 0 Å². The third kappa shape index (κ3) is 3.56. The molecule has 0 bridgehead atoms. The first-order valence-corrected chi connectivity index (χ1v) is 4.13. The fraction of sp³-hybridized carbons (Fsp3) is 0.182. The molecule has 0 atom stereocenters. The number of carboxylic acids is 1. The number of carbonyl (C=O) groups is 1. The number of hydrogen-bond acceptors (Lipinski definition) is 1. The van der Waals surface area contributed by atoms with Crippen LogP contribution in [0.2, 0.25) is 0 Å². The molecule has 1 aromatic carbocycles. The molecule has 2 nitrogen and oxygen atoms in total. The highest BCUT2D eigenvalue weighted by Gasteiger charge is 1.89. The van der Waals surface area contributed by atoms with Crippen LogP contribution in [0.25, 0.3) is 0 Å². The third-order valence-electron chi connectivity index (χ3n) is 1.73. The van der Waals surface area contributed by atoms with Gasteiger partial charge in [-0.2, -0.15) is 0 Å². The van der Waals surface area contributed by atoms with Crippen LogP contribution in [0.5, 0.6) is 0 Å². The Morgan fingerprint density at radius 1 is 1.38 bits per heavy atom. The smallest absolute Gasteiger partial charge is 0.327 e. The summed E-state index contributed by atoms with van der Waals surface area (Å²) in [5.74, 6) is -0.896. The molecule has 0 heterocycles. The van der Waals surface area contributed by atoms with Crippen molar-refractivity contribution in [3.05, 3.63) is 47.5 Å². The van der Waals surface area contributed by atoms with Gasteiger partial charge in [0.2, 0.25) is 0 Å². The molecule has 0 unspecified atom stereocenters. The van der Waals surface area contributed by atoms with E-state index in [4.69, 9.17) is 5.11 Å². The second-order valence-corrected chi connectivity index (χ2v) is 2.93. The third-order valence-corrected chi connectivity index (χ3v) is 1.73. The molecule has 0 saturated heterocycles. The van der Waals surface area contributed by atoms with Crippen molar-refractivity contribution in [1.82, 2.24) is 0 Å². The molecule has 13 heavy (non-hydrogen) atoms. The predicted molar refractivity (Wildman–Crippen MR) is 51.7 cm³/mol. The van der Waals surface area contributed by atoms with Crippen LogP contribution >= 0.6 is 0 Å². The number of allylic oxidation sites excluding steroid dienone is 1. The monoisotopic (exact) mass is 176 g/mol. The highest BCUT2D eigenvalue weighted by Crippen LogP contribution is 2.03. The number of benzene rings is 1. The van der Waals surface area contributed by atoms with E-state index in [2.05, 4.69) is 0 Å². The van der Waals surface area contributed by atoms with Crippen molar-refractivity contribution in [2.75, 3.05) is 0 Å². The fourth-order valence-corrected chi connectivity index (χ4v) is 1.02. The van der Waals surface area contributed by atoms with Crippen molar-refractivity contribution in [2.45, 2.75) is 13.3 Å². The minimum atomic E-state index is -0.896. The average Bonchev–Trinajstić information content (AvgIpc) is 2.08. The Hall–Kier alpha value is -1.57. The highest BCUT2D eigenvalue weighted by molar-refractivity contribution is 5.79. The van der Waals surface area contributed by atoms with E-state index < -0.39 is 5.97 Å². The molecular formula is C11H12O2. The molecule has 0 spiro atoms. The Morgan fingerprint density at radius 3 is 2.54 bits per heavy atom. The minimum absolute atomic E-state index is 0.673. The van der Waals surface area contributed by atoms with Gasteiger partial charge in [0.15, 0.2) is 0 Å². The van der Waals surface area contributed by atoms with Crippen molar-refractivity contribution in [1.29, 1.82) is 0 Å². The standard InChI is InChI=1S/C11H12O2/c1-9-5-7-10(8-6-9)3-2-4-11(12)13/h2,4-8H,3H2,1H3,(H,12,13)/b4-2-. The van der Waals surface area contributed by atoms with Crippen LogP contribution in [0.3, 0.4) is 0 Å². The Bertz CT molecular complexity index is 309. The summed E-state index contributed by atoms with van der Waals surface area (Å²) in [4.78, 5) is 10.2. The molecule has 1 aromatic rings. The van der Waals surface area contributed by atoms with Gasteiger partial charge in [-0.3, -0.25) is 0 Å². The highest BCUT2D eigenvalue weighted by atomic mass is 16.4. The molecule has 1 N–H and O–H groups in total. The first kappa shape index (κ1) is 9.52. The van der Waals surface area contributed by atoms with Gasteiger partial charge in [0, 0.05) is 6.08 Å². The maximum atomic E-state index is 10.2. The predicted octanol–water partition coefficient (Wildman–Crippen LogP) is 2.18. The number of aliphatic carboxylic acids is 1. The molecule has 0 amide bonds. The average molecular weight is 176 g/mol. The Kier molecular flexibility index (Phi) is 3.26. The molecule has 0 aliphatic rings. The molecule has 0 aromatic heterocycles. The van der Waals surface area contributed by atoms with E-state index in [0.29, 0.717) is 6.42 Å². The summed E-state index contributed by atoms with van der Waals surface area (Å²) < 4.78 is 0. The Labute approximate surface area is 77.5 Å². The van der Waals surface area contributed by atoms with E-state index in [-0.39, 0.29) is 0 Å². The molecule has 0 radical (unpaired) electrons. The second-order valence-electron chi connectivity index (χ2n) is 2.93. The van der Waals surface area contributed by atoms with Crippen LogP contribution in [0.15, 0.2) is 36.4 Å². The van der Waals surface area contributed by atoms with Crippen LogP contribution in [0, 0.1) is 6.92 Å². The summed E-state index contributed by atoms with van der Waals surface area (Å²) in [5, 5.41) is 8.35. The lowest BCUT2D eigenvalue weighted by Gasteiger charge is -1.96. The molecule has 1 rings (SSSR count). The van der Waals surface area contributed by atoms with Crippen LogP contribution in [0.4, 0.5) is 0 Å². The summed E-state index contributed by atoms with van der Waals surface area (Å²) in [5.41, 5.74) is 2.34. The van der Waals surface area contributed by atoms with Gasteiger partial charge < -0.3 is 5.11 Å². The van der Waals surface area contributed by atoms with Gasteiger partial charge in [-0.05, 0) is 18.9 Å². The van der Waals surface area contributed by atoms with Crippen LogP contribution in [-0.4, -0.2) is 11.1 Å². The lowest BCUT2D eigenvalue weighted by atomic mass is 10.1. The number of aryl methyl sites for hydroxylation is 1. The Balaban J connectivity index is 2.55. The molecule has 0 aliphatic carbocycles. The number of carboxylic acid groups (broad SMARTS) is 1. The second kappa shape index (κ2) is 4.45. The Morgan fingerprint density at radius 2 is 2.00 bits per heavy atom. The molecule has 0 fully saturated rings. The SMILES string of the molecule is Cc1ccc(C/C=C\C(=O)O)cc1. The molecular weight excluding hydrogens is 164 g/mol. The summed E-state index contributed by atoms with van der Waals surface area (Å²) >= 11 is 0. The van der Waals surface area contributed by atoms with Crippen molar-refractivity contribution in [3.8, 4) is 0 Å². The molecule has 0 saturated carbocycles. The van der Waals surface area contributed by atoms with E-state index in [1.165, 1.54) is 11.6 Å². The van der Waals surface area contributed by atoms with E-state index in [9.17, 15) is 4.79 Å². The summed E-state index contributed by atoms with van der Waals surface area (Å²) in [6.07, 6.45) is 3.49. The van der Waals surface area contributed by atoms with Crippen LogP contribution in [-0.2, 0) is 11.2 Å². The van der Waals surface area contributed by atoms with Gasteiger partial charge in [-0.1, -0.05) is 35.9 Å². The van der Waals surface area contributed by atoms with E-state index in [0.717, 1.165) is 5.56 Å².